The normalized spacial score (nSPS) is 11.7. The van der Waals surface area contributed by atoms with Gasteiger partial charge in [-0.1, -0.05) is 53.8 Å². The van der Waals surface area contributed by atoms with Crippen LogP contribution < -0.4 is 33.5 Å². The minimum Gasteiger partial charge on any atom is -0.868 e. The summed E-state index contributed by atoms with van der Waals surface area (Å²) >= 11 is 1.91. The zero-order valence-electron chi connectivity index (χ0n) is 16.3. The number of hydrogen-bond acceptors (Lipinski definition) is 2. The second-order valence-corrected chi connectivity index (χ2v) is 7.85. The summed E-state index contributed by atoms with van der Waals surface area (Å²) in [4.78, 5) is 2.91. The van der Waals surface area contributed by atoms with Gasteiger partial charge in [-0.05, 0) is 35.6 Å². The number of para-hydroxylation sites is 2. The van der Waals surface area contributed by atoms with Crippen molar-refractivity contribution in [2.45, 2.75) is 13.0 Å². The van der Waals surface area contributed by atoms with Crippen LogP contribution in [0.5, 0.6) is 5.75 Å². The molecule has 1 N–H and O–H groups in total. The smallest absolute Gasteiger partial charge is 0.868 e. The molecular formula is C24H19LiN2OS+2. The van der Waals surface area contributed by atoms with E-state index >= 15 is 0 Å². The Morgan fingerprint density at radius 3 is 2.55 bits per heavy atom. The van der Waals surface area contributed by atoms with Gasteiger partial charge in [0.1, 0.15) is 4.70 Å². The minimum absolute atomic E-state index is 0. The zero-order chi connectivity index (χ0) is 18.9. The van der Waals surface area contributed by atoms with Crippen molar-refractivity contribution in [2.24, 2.45) is 0 Å². The van der Waals surface area contributed by atoms with Crippen molar-refractivity contribution >= 4 is 32.5 Å². The summed E-state index contributed by atoms with van der Waals surface area (Å²) in [6.07, 6.45) is 2.90. The molecule has 0 saturated heterocycles. The van der Waals surface area contributed by atoms with E-state index in [-0.39, 0.29) is 24.6 Å². The van der Waals surface area contributed by atoms with Crippen LogP contribution in [0.25, 0.3) is 31.7 Å². The molecule has 29 heavy (non-hydrogen) atoms. The second kappa shape index (κ2) is 8.39. The van der Waals surface area contributed by atoms with E-state index in [1.807, 2.05) is 29.5 Å². The number of nitrogens with zero attached hydrogens (tertiary/aromatic N) is 1. The van der Waals surface area contributed by atoms with Crippen molar-refractivity contribution in [3.05, 3.63) is 90.6 Å². The number of fused-ring (bicyclic) bond motifs is 6. The fourth-order valence-electron chi connectivity index (χ4n) is 3.76. The maximum Gasteiger partial charge on any atom is 1.00 e. The Morgan fingerprint density at radius 1 is 0.862 bits per heavy atom. The molecule has 0 aliphatic carbocycles. The van der Waals surface area contributed by atoms with E-state index in [4.69, 9.17) is 0 Å². The fraction of sp³-hybridized carbons (Fsp3) is 0.0833. The van der Waals surface area contributed by atoms with Crippen molar-refractivity contribution in [3.8, 4) is 16.3 Å². The summed E-state index contributed by atoms with van der Waals surface area (Å²) in [6.45, 7) is 1.11. The average Bonchev–Trinajstić information content (AvgIpc) is 3.14. The third kappa shape index (κ3) is 3.67. The Hall–Kier alpha value is -2.64. The van der Waals surface area contributed by atoms with Gasteiger partial charge in [-0.15, -0.1) is 0 Å². The zero-order valence-corrected chi connectivity index (χ0v) is 17.1. The standard InChI is InChI=1S/C15H12NS.C9H7NO.Li/c1-2-6-12-11(5-1)9-10-16-13-7-3-4-8-14(13)17-15(12)16;11-8-5-1-3-7-4-2-6-10-9(7)8;/h1-8H,9-10H2;1-6,11H;/q+1;;+1. The Kier molecular flexibility index (Phi) is 5.69. The summed E-state index contributed by atoms with van der Waals surface area (Å²) in [5, 5.41) is 13.5. The number of aromatic nitrogens is 2. The Morgan fingerprint density at radius 2 is 1.66 bits per heavy atom. The summed E-state index contributed by atoms with van der Waals surface area (Å²) in [5.74, 6) is 0.0445. The number of hydrogen-bond donors (Lipinski definition) is 0. The van der Waals surface area contributed by atoms with E-state index < -0.39 is 0 Å². The Bertz CT molecular complexity index is 1290. The van der Waals surface area contributed by atoms with Gasteiger partial charge in [-0.25, -0.2) is 4.98 Å². The maximum absolute atomic E-state index is 11.1. The molecule has 0 atom stereocenters. The quantitative estimate of drug-likeness (QED) is 0.289. The molecule has 0 fully saturated rings. The predicted octanol–water partition coefficient (Wildman–Crippen LogP) is 1.14. The maximum atomic E-state index is 11.1. The molecular weight excluding hydrogens is 371 g/mol. The molecule has 136 valence electrons. The van der Waals surface area contributed by atoms with Gasteiger partial charge in [0.05, 0.1) is 5.56 Å². The average molecular weight is 390 g/mol. The van der Waals surface area contributed by atoms with E-state index in [2.05, 4.69) is 58.1 Å². The number of benzene rings is 3. The number of aromatic amines is 1. The van der Waals surface area contributed by atoms with Gasteiger partial charge in [0, 0.05) is 23.9 Å². The van der Waals surface area contributed by atoms with Crippen LogP contribution in [0.4, 0.5) is 0 Å². The number of rotatable bonds is 0. The number of pyridine rings is 1. The third-order valence-electron chi connectivity index (χ3n) is 5.12. The van der Waals surface area contributed by atoms with Gasteiger partial charge in [0.2, 0.25) is 11.0 Å². The van der Waals surface area contributed by atoms with E-state index in [9.17, 15) is 5.11 Å². The number of nitrogens with one attached hydrogen (secondary N) is 1. The van der Waals surface area contributed by atoms with Crippen LogP contribution in [0.1, 0.15) is 5.56 Å². The molecule has 0 unspecified atom stereocenters. The molecule has 0 bridgehead atoms. The summed E-state index contributed by atoms with van der Waals surface area (Å²) in [6, 6.07) is 26.5. The van der Waals surface area contributed by atoms with Crippen molar-refractivity contribution in [1.29, 1.82) is 0 Å². The monoisotopic (exact) mass is 390 g/mol. The van der Waals surface area contributed by atoms with Crippen molar-refractivity contribution in [1.82, 2.24) is 0 Å². The second-order valence-electron chi connectivity index (χ2n) is 6.82. The van der Waals surface area contributed by atoms with Crippen LogP contribution in [-0.4, -0.2) is 0 Å². The molecule has 2 aromatic heterocycles. The Labute approximate surface area is 185 Å². The van der Waals surface area contributed by atoms with Crippen molar-refractivity contribution in [2.75, 3.05) is 0 Å². The van der Waals surface area contributed by atoms with Crippen LogP contribution in [-0.2, 0) is 13.0 Å². The molecule has 1 aliphatic rings. The molecule has 5 aromatic rings. The number of aryl methyl sites for hydroxylation is 2. The largest absolute Gasteiger partial charge is 1.00 e. The SMILES string of the molecule is [Li+].[O-]c1cccc2ccc[nH+]c12.c1ccc2c(c1)CC[n+]1c-2sc2ccccc21. The third-order valence-corrected chi connectivity index (χ3v) is 6.32. The molecule has 0 saturated carbocycles. The summed E-state index contributed by atoms with van der Waals surface area (Å²) in [5.41, 5.74) is 4.95. The minimum atomic E-state index is 0. The van der Waals surface area contributed by atoms with E-state index in [1.54, 1.807) is 18.3 Å². The van der Waals surface area contributed by atoms with Gasteiger partial charge in [0.25, 0.3) is 5.01 Å². The van der Waals surface area contributed by atoms with Gasteiger partial charge < -0.3 is 5.11 Å². The van der Waals surface area contributed by atoms with E-state index in [0.717, 1.165) is 18.4 Å². The molecule has 6 rings (SSSR count). The molecule has 3 heterocycles. The van der Waals surface area contributed by atoms with Crippen LogP contribution >= 0.6 is 11.3 Å². The van der Waals surface area contributed by atoms with Gasteiger partial charge in [-0.3, -0.25) is 0 Å². The van der Waals surface area contributed by atoms with Crippen LogP contribution in [0.3, 0.4) is 0 Å². The summed E-state index contributed by atoms with van der Waals surface area (Å²) in [7, 11) is 0. The first kappa shape index (κ1) is 19.7. The van der Waals surface area contributed by atoms with Crippen molar-refractivity contribution in [3.63, 3.8) is 0 Å². The van der Waals surface area contributed by atoms with Gasteiger partial charge in [0.15, 0.2) is 12.7 Å². The fourth-order valence-corrected chi connectivity index (χ4v) is 5.01. The molecule has 0 amide bonds. The van der Waals surface area contributed by atoms with Crippen molar-refractivity contribution < 1.29 is 33.5 Å². The molecule has 0 spiro atoms. The molecule has 0 radical (unpaired) electrons. The van der Waals surface area contributed by atoms with Crippen LogP contribution in [0.15, 0.2) is 85.1 Å². The molecule has 3 aromatic carbocycles. The predicted molar refractivity (Wildman–Crippen MR) is 111 cm³/mol. The summed E-state index contributed by atoms with van der Waals surface area (Å²) < 4.78 is 3.85. The van der Waals surface area contributed by atoms with E-state index in [1.165, 1.54) is 26.4 Å². The van der Waals surface area contributed by atoms with Crippen LogP contribution in [0, 0.1) is 0 Å². The molecule has 1 aliphatic heterocycles. The molecule has 5 heteroatoms. The topological polar surface area (TPSA) is 41.1 Å². The number of H-pyrrole nitrogens is 1. The first-order chi connectivity index (χ1) is 13.8. The Balaban J connectivity index is 0.000000149. The first-order valence-electron chi connectivity index (χ1n) is 9.37. The van der Waals surface area contributed by atoms with E-state index in [0.29, 0.717) is 5.52 Å². The molecule has 3 nitrogen and oxygen atoms in total. The van der Waals surface area contributed by atoms with Gasteiger partial charge >= 0.3 is 18.9 Å². The van der Waals surface area contributed by atoms with Gasteiger partial charge in [-0.2, -0.15) is 4.57 Å². The number of thiazole rings is 1. The first-order valence-corrected chi connectivity index (χ1v) is 10.2. The van der Waals surface area contributed by atoms with Crippen LogP contribution in [0.2, 0.25) is 0 Å².